The van der Waals surface area contributed by atoms with E-state index in [1.54, 1.807) is 7.11 Å². The standard InChI is InChI=1S/C21H22N4O/c1-26-18-11-7-10-17(14-18)22-20-15-19(16-8-3-2-4-9-16)23-21(24-20)25-12-5-6-13-25/h2-4,7-11,14-15H,5-6,12-13H2,1H3,(H,22,23,24). The molecule has 2 heterocycles. The predicted molar refractivity (Wildman–Crippen MR) is 105 cm³/mol. The number of nitrogens with zero attached hydrogens (tertiary/aromatic N) is 3. The Kier molecular flexibility index (Phi) is 4.69. The zero-order valence-electron chi connectivity index (χ0n) is 14.9. The average Bonchev–Trinajstić information content (AvgIpc) is 3.23. The van der Waals surface area contributed by atoms with Gasteiger partial charge >= 0.3 is 0 Å². The fourth-order valence-electron chi connectivity index (χ4n) is 3.16. The Hall–Kier alpha value is -3.08. The quantitative estimate of drug-likeness (QED) is 0.737. The molecule has 1 aliphatic heterocycles. The van der Waals surface area contributed by atoms with E-state index in [1.807, 2.05) is 48.5 Å². The van der Waals surface area contributed by atoms with Gasteiger partial charge in [0.1, 0.15) is 11.6 Å². The van der Waals surface area contributed by atoms with Gasteiger partial charge in [-0.1, -0.05) is 36.4 Å². The van der Waals surface area contributed by atoms with Crippen LogP contribution in [0.1, 0.15) is 12.8 Å². The van der Waals surface area contributed by atoms with Crippen LogP contribution < -0.4 is 15.0 Å². The predicted octanol–water partition coefficient (Wildman–Crippen LogP) is 4.50. The van der Waals surface area contributed by atoms with Crippen molar-refractivity contribution in [3.63, 3.8) is 0 Å². The maximum absolute atomic E-state index is 5.31. The second-order valence-electron chi connectivity index (χ2n) is 6.36. The molecule has 0 saturated carbocycles. The highest BCUT2D eigenvalue weighted by atomic mass is 16.5. The van der Waals surface area contributed by atoms with Crippen molar-refractivity contribution in [3.8, 4) is 17.0 Å². The van der Waals surface area contributed by atoms with Crippen LogP contribution in [0, 0.1) is 0 Å². The molecule has 1 aliphatic rings. The number of hydrogen-bond donors (Lipinski definition) is 1. The number of rotatable bonds is 5. The third-order valence-electron chi connectivity index (χ3n) is 4.51. The molecule has 0 radical (unpaired) electrons. The van der Waals surface area contributed by atoms with Gasteiger partial charge < -0.3 is 15.0 Å². The van der Waals surface area contributed by atoms with Crippen LogP contribution in [0.15, 0.2) is 60.7 Å². The van der Waals surface area contributed by atoms with Gasteiger partial charge in [-0.3, -0.25) is 0 Å². The SMILES string of the molecule is COc1cccc(Nc2cc(-c3ccccc3)nc(N3CCCC3)n2)c1. The van der Waals surface area contributed by atoms with Crippen molar-refractivity contribution in [2.45, 2.75) is 12.8 Å². The molecule has 1 N–H and O–H groups in total. The van der Waals surface area contributed by atoms with E-state index in [0.29, 0.717) is 0 Å². The lowest BCUT2D eigenvalue weighted by Crippen LogP contribution is -2.21. The Bertz CT molecular complexity index is 876. The highest BCUT2D eigenvalue weighted by molar-refractivity contribution is 5.68. The van der Waals surface area contributed by atoms with Crippen molar-refractivity contribution in [3.05, 3.63) is 60.7 Å². The van der Waals surface area contributed by atoms with Crippen molar-refractivity contribution in [2.24, 2.45) is 0 Å². The molecule has 0 atom stereocenters. The number of hydrogen-bond acceptors (Lipinski definition) is 5. The van der Waals surface area contributed by atoms with Crippen LogP contribution in [-0.4, -0.2) is 30.2 Å². The van der Waals surface area contributed by atoms with Crippen LogP contribution in [-0.2, 0) is 0 Å². The van der Waals surface area contributed by atoms with Crippen molar-refractivity contribution in [1.29, 1.82) is 0 Å². The fraction of sp³-hybridized carbons (Fsp3) is 0.238. The van der Waals surface area contributed by atoms with E-state index in [1.165, 1.54) is 12.8 Å². The van der Waals surface area contributed by atoms with Gasteiger partial charge in [0, 0.05) is 36.5 Å². The molecule has 2 aromatic carbocycles. The van der Waals surface area contributed by atoms with Gasteiger partial charge in [-0.25, -0.2) is 4.98 Å². The molecule has 5 heteroatoms. The molecule has 26 heavy (non-hydrogen) atoms. The molecular formula is C21H22N4O. The first-order valence-corrected chi connectivity index (χ1v) is 8.92. The smallest absolute Gasteiger partial charge is 0.227 e. The lowest BCUT2D eigenvalue weighted by molar-refractivity contribution is 0.415. The molecule has 0 bridgehead atoms. The molecule has 0 spiro atoms. The largest absolute Gasteiger partial charge is 0.497 e. The first-order valence-electron chi connectivity index (χ1n) is 8.92. The first-order chi connectivity index (χ1) is 12.8. The van der Waals surface area contributed by atoms with Gasteiger partial charge in [-0.05, 0) is 25.0 Å². The first kappa shape index (κ1) is 16.4. The Labute approximate surface area is 153 Å². The molecule has 0 aliphatic carbocycles. The lowest BCUT2D eigenvalue weighted by Gasteiger charge is -2.18. The van der Waals surface area contributed by atoms with Crippen LogP contribution in [0.25, 0.3) is 11.3 Å². The Morgan fingerprint density at radius 3 is 2.50 bits per heavy atom. The number of ether oxygens (including phenoxy) is 1. The zero-order chi connectivity index (χ0) is 17.8. The molecule has 1 saturated heterocycles. The Morgan fingerprint density at radius 1 is 0.923 bits per heavy atom. The van der Waals surface area contributed by atoms with E-state index in [2.05, 4.69) is 22.3 Å². The van der Waals surface area contributed by atoms with Gasteiger partial charge in [-0.2, -0.15) is 4.98 Å². The van der Waals surface area contributed by atoms with Gasteiger partial charge in [0.15, 0.2) is 0 Å². The van der Waals surface area contributed by atoms with Crippen LogP contribution in [0.3, 0.4) is 0 Å². The van der Waals surface area contributed by atoms with Gasteiger partial charge in [0.25, 0.3) is 0 Å². The minimum Gasteiger partial charge on any atom is -0.497 e. The fourth-order valence-corrected chi connectivity index (χ4v) is 3.16. The van der Waals surface area contributed by atoms with Crippen LogP contribution >= 0.6 is 0 Å². The Balaban J connectivity index is 1.71. The Morgan fingerprint density at radius 2 is 1.73 bits per heavy atom. The molecule has 0 amide bonds. The van der Waals surface area contributed by atoms with Crippen molar-refractivity contribution in [2.75, 3.05) is 30.4 Å². The minimum absolute atomic E-state index is 0.786. The van der Waals surface area contributed by atoms with Crippen molar-refractivity contribution >= 4 is 17.5 Å². The second kappa shape index (κ2) is 7.44. The third-order valence-corrected chi connectivity index (χ3v) is 4.51. The molecule has 3 aromatic rings. The summed E-state index contributed by atoms with van der Waals surface area (Å²) in [5.41, 5.74) is 2.95. The molecule has 0 unspecified atom stereocenters. The van der Waals surface area contributed by atoms with Gasteiger partial charge in [0.05, 0.1) is 12.8 Å². The molecule has 5 nitrogen and oxygen atoms in total. The number of methoxy groups -OCH3 is 1. The monoisotopic (exact) mass is 346 g/mol. The third kappa shape index (κ3) is 3.61. The van der Waals surface area contributed by atoms with E-state index in [-0.39, 0.29) is 0 Å². The molecule has 132 valence electrons. The van der Waals surface area contributed by atoms with E-state index in [9.17, 15) is 0 Å². The molecule has 4 rings (SSSR count). The molecule has 1 aromatic heterocycles. The van der Waals surface area contributed by atoms with Gasteiger partial charge in [0.2, 0.25) is 5.95 Å². The van der Waals surface area contributed by atoms with Crippen LogP contribution in [0.5, 0.6) is 5.75 Å². The number of benzene rings is 2. The maximum Gasteiger partial charge on any atom is 0.227 e. The van der Waals surface area contributed by atoms with Crippen molar-refractivity contribution < 1.29 is 4.74 Å². The lowest BCUT2D eigenvalue weighted by atomic mass is 10.1. The summed E-state index contributed by atoms with van der Waals surface area (Å²) in [6.07, 6.45) is 2.38. The van der Waals surface area contributed by atoms with E-state index < -0.39 is 0 Å². The zero-order valence-corrected chi connectivity index (χ0v) is 14.9. The summed E-state index contributed by atoms with van der Waals surface area (Å²) in [4.78, 5) is 11.8. The summed E-state index contributed by atoms with van der Waals surface area (Å²) in [6.45, 7) is 2.02. The highest BCUT2D eigenvalue weighted by Gasteiger charge is 2.17. The summed E-state index contributed by atoms with van der Waals surface area (Å²) in [5.74, 6) is 2.38. The summed E-state index contributed by atoms with van der Waals surface area (Å²) >= 11 is 0. The summed E-state index contributed by atoms with van der Waals surface area (Å²) in [6, 6.07) is 20.1. The number of nitrogens with one attached hydrogen (secondary N) is 1. The molecule has 1 fully saturated rings. The number of anilines is 3. The van der Waals surface area contributed by atoms with Crippen LogP contribution in [0.4, 0.5) is 17.5 Å². The minimum atomic E-state index is 0.786. The average molecular weight is 346 g/mol. The topological polar surface area (TPSA) is 50.3 Å². The maximum atomic E-state index is 5.31. The summed E-state index contributed by atoms with van der Waals surface area (Å²) in [7, 11) is 1.67. The molecular weight excluding hydrogens is 324 g/mol. The van der Waals surface area contributed by atoms with Crippen LogP contribution in [0.2, 0.25) is 0 Å². The number of aromatic nitrogens is 2. The summed E-state index contributed by atoms with van der Waals surface area (Å²) < 4.78 is 5.31. The van der Waals surface area contributed by atoms with Gasteiger partial charge in [-0.15, -0.1) is 0 Å². The normalized spacial score (nSPS) is 13.7. The highest BCUT2D eigenvalue weighted by Crippen LogP contribution is 2.27. The van der Waals surface area contributed by atoms with E-state index in [0.717, 1.165) is 47.5 Å². The second-order valence-corrected chi connectivity index (χ2v) is 6.36. The van der Waals surface area contributed by atoms with E-state index >= 15 is 0 Å². The van der Waals surface area contributed by atoms with Crippen molar-refractivity contribution in [1.82, 2.24) is 9.97 Å². The van der Waals surface area contributed by atoms with E-state index in [4.69, 9.17) is 14.7 Å². The summed E-state index contributed by atoms with van der Waals surface area (Å²) in [5, 5.41) is 3.39.